The number of hydrogen-bond donors (Lipinski definition) is 1. The molecule has 1 aliphatic rings. The second kappa shape index (κ2) is 4.55. The van der Waals surface area contributed by atoms with Crippen LogP contribution in [0.1, 0.15) is 12.1 Å². The van der Waals surface area contributed by atoms with Gasteiger partial charge in [0.1, 0.15) is 0 Å². The normalized spacial score (nSPS) is 20.9. The first-order valence-electron chi connectivity index (χ1n) is 5.13. The van der Waals surface area contributed by atoms with Crippen molar-refractivity contribution in [3.05, 3.63) is 18.1 Å². The van der Waals surface area contributed by atoms with Crippen LogP contribution in [0.2, 0.25) is 0 Å². The van der Waals surface area contributed by atoms with E-state index < -0.39 is 0 Å². The second-order valence-electron chi connectivity index (χ2n) is 3.62. The summed E-state index contributed by atoms with van der Waals surface area (Å²) in [4.78, 5) is 10.7. The number of ether oxygens (including phenoxy) is 1. The molecule has 5 nitrogen and oxygen atoms in total. The zero-order chi connectivity index (χ0) is 10.7. The van der Waals surface area contributed by atoms with Gasteiger partial charge in [-0.3, -0.25) is 4.98 Å². The molecule has 1 aromatic rings. The minimum Gasteiger partial charge on any atom is -0.380 e. The third-order valence-electron chi connectivity index (χ3n) is 2.72. The van der Waals surface area contributed by atoms with Gasteiger partial charge in [0.05, 0.1) is 11.8 Å². The van der Waals surface area contributed by atoms with Gasteiger partial charge in [0.15, 0.2) is 5.82 Å². The summed E-state index contributed by atoms with van der Waals surface area (Å²) in [6.45, 7) is 2.27. The molecule has 0 spiro atoms. The molecule has 1 aliphatic heterocycles. The van der Waals surface area contributed by atoms with E-state index in [1.807, 2.05) is 0 Å². The highest BCUT2D eigenvalue weighted by molar-refractivity contribution is 5.44. The Morgan fingerprint density at radius 3 is 3.00 bits per heavy atom. The number of anilines is 1. The molecule has 1 atom stereocenters. The van der Waals surface area contributed by atoms with Crippen LogP contribution in [0.5, 0.6) is 0 Å². The van der Waals surface area contributed by atoms with Crippen molar-refractivity contribution < 1.29 is 4.74 Å². The van der Waals surface area contributed by atoms with Crippen LogP contribution in [-0.4, -0.2) is 36.3 Å². The number of nitrogens with two attached hydrogens (primary N) is 1. The average Bonchev–Trinajstić information content (AvgIpc) is 2.77. The summed E-state index contributed by atoms with van der Waals surface area (Å²) < 4.78 is 5.32. The second-order valence-corrected chi connectivity index (χ2v) is 3.62. The molecular weight excluding hydrogens is 192 g/mol. The minimum atomic E-state index is 0.303. The molecule has 1 unspecified atom stereocenters. The van der Waals surface area contributed by atoms with Crippen molar-refractivity contribution in [1.82, 2.24) is 9.97 Å². The summed E-state index contributed by atoms with van der Waals surface area (Å²) in [5.41, 5.74) is 6.48. The summed E-state index contributed by atoms with van der Waals surface area (Å²) in [6.07, 6.45) is 4.72. The van der Waals surface area contributed by atoms with E-state index in [9.17, 15) is 0 Å². The molecular formula is C10H16N4O. The van der Waals surface area contributed by atoms with E-state index in [4.69, 9.17) is 10.5 Å². The van der Waals surface area contributed by atoms with Crippen molar-refractivity contribution >= 4 is 5.82 Å². The zero-order valence-corrected chi connectivity index (χ0v) is 8.89. The lowest BCUT2D eigenvalue weighted by Crippen LogP contribution is -2.25. The molecule has 0 bridgehead atoms. The fraction of sp³-hybridized carbons (Fsp3) is 0.600. The zero-order valence-electron chi connectivity index (χ0n) is 8.89. The Hall–Kier alpha value is -1.20. The maximum absolute atomic E-state index is 5.62. The highest BCUT2D eigenvalue weighted by Crippen LogP contribution is 2.21. The predicted octanol–water partition coefficient (Wildman–Crippen LogP) is 0.160. The monoisotopic (exact) mass is 208 g/mol. The van der Waals surface area contributed by atoms with E-state index in [1.165, 1.54) is 0 Å². The smallest absolute Gasteiger partial charge is 0.151 e. The van der Waals surface area contributed by atoms with E-state index >= 15 is 0 Å². The minimum absolute atomic E-state index is 0.303. The number of aromatic nitrogens is 2. The standard InChI is InChI=1S/C10H16N4O/c1-15-8-2-5-14(7-8)10-9(6-11)12-3-4-13-10/h3-4,8H,2,5-7,11H2,1H3. The fourth-order valence-corrected chi connectivity index (χ4v) is 1.88. The molecule has 82 valence electrons. The molecule has 1 aromatic heterocycles. The SMILES string of the molecule is COC1CCN(c2nccnc2CN)C1. The van der Waals surface area contributed by atoms with Gasteiger partial charge in [-0.1, -0.05) is 0 Å². The maximum atomic E-state index is 5.62. The van der Waals surface area contributed by atoms with Crippen LogP contribution < -0.4 is 10.6 Å². The van der Waals surface area contributed by atoms with E-state index in [1.54, 1.807) is 19.5 Å². The Morgan fingerprint density at radius 1 is 1.53 bits per heavy atom. The van der Waals surface area contributed by atoms with Crippen molar-refractivity contribution in [1.29, 1.82) is 0 Å². The molecule has 0 aliphatic carbocycles. The van der Waals surface area contributed by atoms with Crippen LogP contribution >= 0.6 is 0 Å². The summed E-state index contributed by atoms with van der Waals surface area (Å²) >= 11 is 0. The molecule has 5 heteroatoms. The number of methoxy groups -OCH3 is 1. The average molecular weight is 208 g/mol. The molecule has 2 heterocycles. The summed E-state index contributed by atoms with van der Waals surface area (Å²) in [5, 5.41) is 0. The van der Waals surface area contributed by atoms with Gasteiger partial charge in [-0.25, -0.2) is 4.98 Å². The lowest BCUT2D eigenvalue weighted by molar-refractivity contribution is 0.121. The highest BCUT2D eigenvalue weighted by Gasteiger charge is 2.24. The van der Waals surface area contributed by atoms with Crippen molar-refractivity contribution in [2.45, 2.75) is 19.1 Å². The van der Waals surface area contributed by atoms with Crippen molar-refractivity contribution in [3.63, 3.8) is 0 Å². The van der Waals surface area contributed by atoms with Gasteiger partial charge in [-0.05, 0) is 6.42 Å². The first-order valence-corrected chi connectivity index (χ1v) is 5.13. The predicted molar refractivity (Wildman–Crippen MR) is 57.6 cm³/mol. The van der Waals surface area contributed by atoms with Crippen LogP contribution in [0.25, 0.3) is 0 Å². The van der Waals surface area contributed by atoms with Crippen LogP contribution in [0.15, 0.2) is 12.4 Å². The van der Waals surface area contributed by atoms with E-state index in [0.717, 1.165) is 31.0 Å². The van der Waals surface area contributed by atoms with E-state index in [-0.39, 0.29) is 0 Å². The van der Waals surface area contributed by atoms with Crippen LogP contribution in [0, 0.1) is 0 Å². The number of nitrogens with zero attached hydrogens (tertiary/aromatic N) is 3. The molecule has 15 heavy (non-hydrogen) atoms. The van der Waals surface area contributed by atoms with Gasteiger partial charge in [0, 0.05) is 39.1 Å². The first kappa shape index (κ1) is 10.3. The van der Waals surface area contributed by atoms with Crippen molar-refractivity contribution in [2.24, 2.45) is 5.73 Å². The summed E-state index contributed by atoms with van der Waals surface area (Å²) in [6, 6.07) is 0. The Labute approximate surface area is 89.3 Å². The van der Waals surface area contributed by atoms with Gasteiger partial charge in [0.25, 0.3) is 0 Å². The van der Waals surface area contributed by atoms with Gasteiger partial charge in [-0.2, -0.15) is 0 Å². The summed E-state index contributed by atoms with van der Waals surface area (Å²) in [5.74, 6) is 0.902. The Morgan fingerprint density at radius 2 is 2.33 bits per heavy atom. The molecule has 2 rings (SSSR count). The molecule has 2 N–H and O–H groups in total. The molecule has 0 amide bonds. The lowest BCUT2D eigenvalue weighted by Gasteiger charge is -2.18. The fourth-order valence-electron chi connectivity index (χ4n) is 1.88. The van der Waals surface area contributed by atoms with Crippen molar-refractivity contribution in [3.8, 4) is 0 Å². The summed E-state index contributed by atoms with van der Waals surface area (Å²) in [7, 11) is 1.74. The van der Waals surface area contributed by atoms with E-state index in [2.05, 4.69) is 14.9 Å². The van der Waals surface area contributed by atoms with Gasteiger partial charge in [-0.15, -0.1) is 0 Å². The van der Waals surface area contributed by atoms with Crippen LogP contribution in [0.4, 0.5) is 5.82 Å². The quantitative estimate of drug-likeness (QED) is 0.766. The third kappa shape index (κ3) is 2.08. The topological polar surface area (TPSA) is 64.3 Å². The Balaban J connectivity index is 2.16. The van der Waals surface area contributed by atoms with Crippen LogP contribution in [-0.2, 0) is 11.3 Å². The van der Waals surface area contributed by atoms with E-state index in [0.29, 0.717) is 12.6 Å². The number of hydrogen-bond acceptors (Lipinski definition) is 5. The Bertz CT molecular complexity index is 331. The van der Waals surface area contributed by atoms with Gasteiger partial charge in [0.2, 0.25) is 0 Å². The van der Waals surface area contributed by atoms with Crippen molar-refractivity contribution in [2.75, 3.05) is 25.1 Å². The van der Waals surface area contributed by atoms with Crippen LogP contribution in [0.3, 0.4) is 0 Å². The Kier molecular flexibility index (Phi) is 3.13. The molecule has 0 aromatic carbocycles. The van der Waals surface area contributed by atoms with Gasteiger partial charge < -0.3 is 15.4 Å². The number of rotatable bonds is 3. The highest BCUT2D eigenvalue weighted by atomic mass is 16.5. The first-order chi connectivity index (χ1) is 7.35. The van der Waals surface area contributed by atoms with Gasteiger partial charge >= 0.3 is 0 Å². The molecule has 0 saturated carbocycles. The lowest BCUT2D eigenvalue weighted by atomic mass is 10.3. The maximum Gasteiger partial charge on any atom is 0.151 e. The largest absolute Gasteiger partial charge is 0.380 e. The molecule has 0 radical (unpaired) electrons. The third-order valence-corrected chi connectivity index (χ3v) is 2.72. The molecule has 1 fully saturated rings. The molecule has 1 saturated heterocycles.